The maximum atomic E-state index is 10.6. The van der Waals surface area contributed by atoms with E-state index in [4.69, 9.17) is 4.74 Å². The lowest BCUT2D eigenvalue weighted by Crippen LogP contribution is -2.15. The number of allylic oxidation sites excluding steroid dienone is 1. The molecule has 0 rings (SSSR count). The van der Waals surface area contributed by atoms with Crippen molar-refractivity contribution in [3.8, 4) is 0 Å². The molecule has 0 aliphatic carbocycles. The summed E-state index contributed by atoms with van der Waals surface area (Å²) in [5.74, 6) is -0.0944. The third-order valence-corrected chi connectivity index (χ3v) is 2.95. The predicted molar refractivity (Wildman–Crippen MR) is 78.0 cm³/mol. The number of esters is 1. The first-order valence-electron chi connectivity index (χ1n) is 5.71. The quantitative estimate of drug-likeness (QED) is 0.435. The van der Waals surface area contributed by atoms with Gasteiger partial charge < -0.3 is 9.84 Å². The standard InChI is InChI=1S/C13H21IO3/c1-10(7-9-17-12(3)15)4-5-13(16)11(2)6-8-14/h6-8,11,13,16H,4-5,9H2,1-3H3/b8-6+,10-7-/t11-,13-/m1/s1. The van der Waals surface area contributed by atoms with Gasteiger partial charge in [-0.25, -0.2) is 0 Å². The molecule has 0 aliphatic rings. The minimum absolute atomic E-state index is 0.174. The van der Waals surface area contributed by atoms with E-state index in [1.165, 1.54) is 6.92 Å². The molecule has 0 aromatic heterocycles. The van der Waals surface area contributed by atoms with Crippen LogP contribution in [0, 0.1) is 5.92 Å². The van der Waals surface area contributed by atoms with Gasteiger partial charge in [0.25, 0.3) is 0 Å². The maximum absolute atomic E-state index is 10.6. The summed E-state index contributed by atoms with van der Waals surface area (Å²) in [6.45, 7) is 5.69. The van der Waals surface area contributed by atoms with Crippen LogP contribution in [0.3, 0.4) is 0 Å². The molecule has 0 unspecified atom stereocenters. The molecule has 0 heterocycles. The average molecular weight is 352 g/mol. The Morgan fingerprint density at radius 1 is 1.47 bits per heavy atom. The number of halogens is 1. The van der Waals surface area contributed by atoms with E-state index in [0.717, 1.165) is 18.4 Å². The highest BCUT2D eigenvalue weighted by molar-refractivity contribution is 14.1. The Hall–Kier alpha value is -0.360. The Morgan fingerprint density at radius 2 is 2.12 bits per heavy atom. The Balaban J connectivity index is 3.89. The van der Waals surface area contributed by atoms with Crippen LogP contribution >= 0.6 is 22.6 Å². The van der Waals surface area contributed by atoms with E-state index in [1.54, 1.807) is 0 Å². The van der Waals surface area contributed by atoms with Crippen molar-refractivity contribution in [1.82, 2.24) is 0 Å². The smallest absolute Gasteiger partial charge is 0.302 e. The second-order valence-electron chi connectivity index (χ2n) is 4.14. The van der Waals surface area contributed by atoms with E-state index >= 15 is 0 Å². The number of hydrogen-bond donors (Lipinski definition) is 1. The predicted octanol–water partition coefficient (Wildman–Crippen LogP) is 3.22. The van der Waals surface area contributed by atoms with Crippen LogP contribution in [0.25, 0.3) is 0 Å². The van der Waals surface area contributed by atoms with Gasteiger partial charge in [-0.05, 0) is 29.9 Å². The molecule has 98 valence electrons. The SMILES string of the molecule is CC(=O)OC/C=C(/C)CC[C@@H](O)[C@H](C)/C=C/I. The summed E-state index contributed by atoms with van der Waals surface area (Å²) in [6.07, 6.45) is 5.10. The first-order chi connectivity index (χ1) is 7.97. The number of ether oxygens (including phenoxy) is 1. The highest BCUT2D eigenvalue weighted by Crippen LogP contribution is 2.15. The summed E-state index contributed by atoms with van der Waals surface area (Å²) in [4.78, 5) is 10.6. The fourth-order valence-corrected chi connectivity index (χ4v) is 1.94. The lowest BCUT2D eigenvalue weighted by Gasteiger charge is -2.15. The van der Waals surface area contributed by atoms with E-state index in [2.05, 4.69) is 22.6 Å². The molecule has 17 heavy (non-hydrogen) atoms. The summed E-state index contributed by atoms with van der Waals surface area (Å²) in [5.41, 5.74) is 1.14. The van der Waals surface area contributed by atoms with Gasteiger partial charge in [-0.1, -0.05) is 41.2 Å². The van der Waals surface area contributed by atoms with Crippen molar-refractivity contribution >= 4 is 28.6 Å². The summed E-state index contributed by atoms with van der Waals surface area (Å²) in [6, 6.07) is 0. The van der Waals surface area contributed by atoms with Crippen LogP contribution in [0.5, 0.6) is 0 Å². The summed E-state index contributed by atoms with van der Waals surface area (Å²) >= 11 is 2.15. The van der Waals surface area contributed by atoms with Gasteiger partial charge in [-0.2, -0.15) is 0 Å². The number of hydrogen-bond acceptors (Lipinski definition) is 3. The molecule has 0 spiro atoms. The van der Waals surface area contributed by atoms with Gasteiger partial charge in [0.05, 0.1) is 6.10 Å². The summed E-state index contributed by atoms with van der Waals surface area (Å²) in [7, 11) is 0. The molecular formula is C13H21IO3. The largest absolute Gasteiger partial charge is 0.462 e. The molecule has 0 fully saturated rings. The second kappa shape index (κ2) is 9.65. The van der Waals surface area contributed by atoms with Crippen LogP contribution in [0.4, 0.5) is 0 Å². The molecule has 0 aromatic rings. The van der Waals surface area contributed by atoms with Crippen LogP contribution in [0.1, 0.15) is 33.6 Å². The zero-order valence-electron chi connectivity index (χ0n) is 10.6. The topological polar surface area (TPSA) is 46.5 Å². The normalized spacial score (nSPS) is 15.9. The fourth-order valence-electron chi connectivity index (χ4n) is 1.28. The molecular weight excluding hydrogens is 331 g/mol. The Morgan fingerprint density at radius 3 is 2.65 bits per heavy atom. The molecule has 0 aliphatic heterocycles. The summed E-state index contributed by atoms with van der Waals surface area (Å²) in [5, 5.41) is 9.84. The van der Waals surface area contributed by atoms with E-state index in [0.29, 0.717) is 6.61 Å². The molecule has 1 N–H and O–H groups in total. The van der Waals surface area contributed by atoms with Crippen molar-refractivity contribution in [2.24, 2.45) is 5.92 Å². The Kier molecular flexibility index (Phi) is 9.44. The van der Waals surface area contributed by atoms with Gasteiger partial charge in [0.15, 0.2) is 0 Å². The number of carbonyl (C=O) groups is 1. The third kappa shape index (κ3) is 9.35. The second-order valence-corrected chi connectivity index (χ2v) is 4.86. The highest BCUT2D eigenvalue weighted by Gasteiger charge is 2.10. The van der Waals surface area contributed by atoms with Gasteiger partial charge in [0.2, 0.25) is 0 Å². The van der Waals surface area contributed by atoms with E-state index in [9.17, 15) is 9.90 Å². The maximum Gasteiger partial charge on any atom is 0.302 e. The van der Waals surface area contributed by atoms with Crippen molar-refractivity contribution in [2.45, 2.75) is 39.7 Å². The third-order valence-electron chi connectivity index (χ3n) is 2.54. The van der Waals surface area contributed by atoms with E-state index in [-0.39, 0.29) is 18.0 Å². The molecule has 0 saturated heterocycles. The number of aliphatic hydroxyl groups is 1. The molecule has 4 heteroatoms. The van der Waals surface area contributed by atoms with Crippen LogP contribution in [0.2, 0.25) is 0 Å². The van der Waals surface area contributed by atoms with Crippen LogP contribution < -0.4 is 0 Å². The van der Waals surface area contributed by atoms with Gasteiger partial charge >= 0.3 is 5.97 Å². The lowest BCUT2D eigenvalue weighted by atomic mass is 9.98. The molecule has 0 aromatic carbocycles. The number of carbonyl (C=O) groups excluding carboxylic acids is 1. The minimum Gasteiger partial charge on any atom is -0.462 e. The molecule has 3 nitrogen and oxygen atoms in total. The first kappa shape index (κ1) is 16.6. The monoisotopic (exact) mass is 352 g/mol. The van der Waals surface area contributed by atoms with Crippen LogP contribution in [0.15, 0.2) is 21.8 Å². The molecule has 2 atom stereocenters. The van der Waals surface area contributed by atoms with Crippen LogP contribution in [-0.2, 0) is 9.53 Å². The Labute approximate surface area is 117 Å². The van der Waals surface area contributed by atoms with Gasteiger partial charge in [-0.15, -0.1) is 0 Å². The summed E-state index contributed by atoms with van der Waals surface area (Å²) < 4.78 is 6.74. The van der Waals surface area contributed by atoms with Crippen molar-refractivity contribution in [3.05, 3.63) is 21.8 Å². The number of aliphatic hydroxyl groups excluding tert-OH is 1. The molecule has 0 saturated carbocycles. The fraction of sp³-hybridized carbons (Fsp3) is 0.615. The highest BCUT2D eigenvalue weighted by atomic mass is 127. The average Bonchev–Trinajstić information content (AvgIpc) is 2.25. The van der Waals surface area contributed by atoms with E-state index in [1.807, 2.05) is 30.1 Å². The van der Waals surface area contributed by atoms with Gasteiger partial charge in [0, 0.05) is 12.8 Å². The number of rotatable bonds is 7. The Bertz CT molecular complexity index is 284. The van der Waals surface area contributed by atoms with Crippen molar-refractivity contribution < 1.29 is 14.6 Å². The first-order valence-corrected chi connectivity index (χ1v) is 6.96. The van der Waals surface area contributed by atoms with Gasteiger partial charge in [-0.3, -0.25) is 4.79 Å². The van der Waals surface area contributed by atoms with Crippen molar-refractivity contribution in [1.29, 1.82) is 0 Å². The van der Waals surface area contributed by atoms with E-state index < -0.39 is 0 Å². The van der Waals surface area contributed by atoms with Crippen LogP contribution in [-0.4, -0.2) is 23.8 Å². The van der Waals surface area contributed by atoms with Crippen molar-refractivity contribution in [2.75, 3.05) is 6.61 Å². The molecule has 0 radical (unpaired) electrons. The zero-order chi connectivity index (χ0) is 13.3. The lowest BCUT2D eigenvalue weighted by molar-refractivity contribution is -0.139. The molecule has 0 amide bonds. The van der Waals surface area contributed by atoms with Gasteiger partial charge in [0.1, 0.15) is 6.61 Å². The zero-order valence-corrected chi connectivity index (χ0v) is 12.8. The molecule has 0 bridgehead atoms. The van der Waals surface area contributed by atoms with Crippen molar-refractivity contribution in [3.63, 3.8) is 0 Å². The minimum atomic E-state index is -0.321.